The van der Waals surface area contributed by atoms with Gasteiger partial charge < -0.3 is 29.6 Å². The number of ether oxygens (including phenoxy) is 4. The zero-order valence-electron chi connectivity index (χ0n) is 19.6. The average molecular weight is 475 g/mol. The molecule has 2 N–H and O–H groups in total. The Morgan fingerprint density at radius 1 is 0.576 bits per heavy atom. The Morgan fingerprint density at radius 3 is 1.21 bits per heavy atom. The van der Waals surface area contributed by atoms with Gasteiger partial charge in [0, 0.05) is 12.8 Å². The third-order valence-electron chi connectivity index (χ3n) is 4.02. The van der Waals surface area contributed by atoms with Gasteiger partial charge in [-0.25, -0.2) is 9.59 Å². The second-order valence-corrected chi connectivity index (χ2v) is 6.61. The van der Waals surface area contributed by atoms with E-state index in [1.807, 2.05) is 0 Å². The fourth-order valence-corrected chi connectivity index (χ4v) is 2.61. The van der Waals surface area contributed by atoms with E-state index < -0.39 is 54.2 Å². The van der Waals surface area contributed by atoms with Crippen LogP contribution in [0.1, 0.15) is 59.8 Å². The highest BCUT2D eigenvalue weighted by Gasteiger charge is 2.27. The van der Waals surface area contributed by atoms with Crippen molar-refractivity contribution in [1.82, 2.24) is 10.6 Å². The second kappa shape index (κ2) is 17.4. The number of nitrogens with one attached hydrogen (secondary N) is 2. The summed E-state index contributed by atoms with van der Waals surface area (Å²) in [5, 5.41) is 4.70. The molecular formula is C21H34N2O10. The van der Waals surface area contributed by atoms with Gasteiger partial charge in [0.15, 0.2) is 0 Å². The lowest BCUT2D eigenvalue weighted by Gasteiger charge is -2.19. The highest BCUT2D eigenvalue weighted by molar-refractivity contribution is 5.99. The van der Waals surface area contributed by atoms with E-state index in [2.05, 4.69) is 10.6 Å². The van der Waals surface area contributed by atoms with Gasteiger partial charge in [0.2, 0.25) is 11.8 Å². The molecule has 0 aliphatic rings. The molecule has 12 heteroatoms. The fraction of sp³-hybridized carbons (Fsp3) is 0.714. The van der Waals surface area contributed by atoms with Gasteiger partial charge in [-0.3, -0.25) is 19.2 Å². The first-order valence-corrected chi connectivity index (χ1v) is 10.9. The first-order valence-electron chi connectivity index (χ1n) is 10.9. The number of carbonyl (C=O) groups is 6. The normalized spacial score (nSPS) is 12.0. The molecule has 0 aliphatic carbocycles. The first-order chi connectivity index (χ1) is 15.7. The van der Waals surface area contributed by atoms with Gasteiger partial charge >= 0.3 is 23.9 Å². The minimum Gasteiger partial charge on any atom is -0.466 e. The zero-order chi connectivity index (χ0) is 25.2. The van der Waals surface area contributed by atoms with E-state index in [0.717, 1.165) is 0 Å². The van der Waals surface area contributed by atoms with Crippen LogP contribution in [-0.2, 0) is 47.7 Å². The number of rotatable bonds is 16. The van der Waals surface area contributed by atoms with Gasteiger partial charge in [-0.15, -0.1) is 0 Å². The van der Waals surface area contributed by atoms with Crippen molar-refractivity contribution in [2.75, 3.05) is 26.4 Å². The molecule has 12 nitrogen and oxygen atoms in total. The maximum absolute atomic E-state index is 12.3. The van der Waals surface area contributed by atoms with Gasteiger partial charge in [0.05, 0.1) is 26.4 Å². The SMILES string of the molecule is CCOC(=O)CC[C@@H](NC(=O)CC(=O)N[C@H](CCC(=O)OCC)C(=O)OCC)C(=O)OCC. The van der Waals surface area contributed by atoms with Crippen molar-refractivity contribution in [3.05, 3.63) is 0 Å². The molecule has 2 amide bonds. The second-order valence-electron chi connectivity index (χ2n) is 6.61. The highest BCUT2D eigenvalue weighted by atomic mass is 16.5. The van der Waals surface area contributed by atoms with Crippen LogP contribution in [-0.4, -0.2) is 74.2 Å². The maximum Gasteiger partial charge on any atom is 0.328 e. The van der Waals surface area contributed by atoms with E-state index in [1.165, 1.54) is 0 Å². The van der Waals surface area contributed by atoms with Crippen LogP contribution in [0.15, 0.2) is 0 Å². The van der Waals surface area contributed by atoms with Crippen molar-refractivity contribution >= 4 is 35.7 Å². The van der Waals surface area contributed by atoms with Crippen molar-refractivity contribution in [2.45, 2.75) is 71.9 Å². The third-order valence-corrected chi connectivity index (χ3v) is 4.02. The smallest absolute Gasteiger partial charge is 0.328 e. The van der Waals surface area contributed by atoms with E-state index in [4.69, 9.17) is 18.9 Å². The number of esters is 4. The Morgan fingerprint density at radius 2 is 0.909 bits per heavy atom. The van der Waals surface area contributed by atoms with Gasteiger partial charge in [0.1, 0.15) is 18.5 Å². The standard InChI is InChI=1S/C21H34N2O10/c1-5-30-18(26)11-9-14(20(28)32-7-3)22-16(24)13-17(25)23-15(21(29)33-8-4)10-12-19(27)31-6-2/h14-15H,5-13H2,1-4H3,(H,22,24)(H,23,25)/t14-,15-/m1/s1. The van der Waals surface area contributed by atoms with Gasteiger partial charge in [-0.05, 0) is 40.5 Å². The van der Waals surface area contributed by atoms with Crippen LogP contribution < -0.4 is 10.6 Å². The summed E-state index contributed by atoms with van der Waals surface area (Å²) >= 11 is 0. The largest absolute Gasteiger partial charge is 0.466 e. The van der Waals surface area contributed by atoms with Crippen LogP contribution in [0.4, 0.5) is 0 Å². The van der Waals surface area contributed by atoms with E-state index >= 15 is 0 Å². The van der Waals surface area contributed by atoms with Crippen LogP contribution in [0.5, 0.6) is 0 Å². The Bertz CT molecular complexity index is 624. The molecule has 0 aromatic rings. The lowest BCUT2D eigenvalue weighted by molar-refractivity contribution is -0.149. The minimum atomic E-state index is -1.15. The van der Waals surface area contributed by atoms with Crippen molar-refractivity contribution in [2.24, 2.45) is 0 Å². The van der Waals surface area contributed by atoms with E-state index in [9.17, 15) is 28.8 Å². The summed E-state index contributed by atoms with van der Waals surface area (Å²) in [4.78, 5) is 71.8. The fourth-order valence-electron chi connectivity index (χ4n) is 2.61. The summed E-state index contributed by atoms with van der Waals surface area (Å²) in [6.45, 7) is 6.91. The van der Waals surface area contributed by atoms with Crippen LogP contribution >= 0.6 is 0 Å². The Balaban J connectivity index is 4.96. The Kier molecular flexibility index (Phi) is 15.7. The van der Waals surface area contributed by atoms with Crippen LogP contribution in [0.3, 0.4) is 0 Å². The van der Waals surface area contributed by atoms with Gasteiger partial charge in [-0.1, -0.05) is 0 Å². The number of amides is 2. The topological polar surface area (TPSA) is 163 Å². The average Bonchev–Trinajstić information content (AvgIpc) is 2.74. The molecule has 0 unspecified atom stereocenters. The molecule has 0 aromatic heterocycles. The van der Waals surface area contributed by atoms with Crippen LogP contribution in [0, 0.1) is 0 Å². The van der Waals surface area contributed by atoms with Gasteiger partial charge in [-0.2, -0.15) is 0 Å². The summed E-state index contributed by atoms with van der Waals surface area (Å²) in [6.07, 6.45) is -1.12. The predicted octanol–water partition coefficient (Wildman–Crippen LogP) is 0.159. The molecule has 0 aromatic carbocycles. The summed E-state index contributed by atoms with van der Waals surface area (Å²) in [5.74, 6) is -4.23. The molecule has 33 heavy (non-hydrogen) atoms. The van der Waals surface area contributed by atoms with E-state index in [0.29, 0.717) is 0 Å². The summed E-state index contributed by atoms with van der Waals surface area (Å²) in [6, 6.07) is -2.31. The zero-order valence-corrected chi connectivity index (χ0v) is 19.6. The van der Waals surface area contributed by atoms with Crippen LogP contribution in [0.25, 0.3) is 0 Å². The summed E-state index contributed by atoms with van der Waals surface area (Å²) in [7, 11) is 0. The molecular weight excluding hydrogens is 440 g/mol. The van der Waals surface area contributed by atoms with Gasteiger partial charge in [0.25, 0.3) is 0 Å². The molecule has 188 valence electrons. The number of hydrogen-bond acceptors (Lipinski definition) is 10. The first kappa shape index (κ1) is 29.8. The number of carbonyl (C=O) groups excluding carboxylic acids is 6. The van der Waals surface area contributed by atoms with E-state index in [-0.39, 0.29) is 52.1 Å². The molecule has 0 radical (unpaired) electrons. The summed E-state index contributed by atoms with van der Waals surface area (Å²) in [5.41, 5.74) is 0. The van der Waals surface area contributed by atoms with Crippen molar-refractivity contribution in [1.29, 1.82) is 0 Å². The molecule has 0 bridgehead atoms. The molecule has 0 heterocycles. The molecule has 0 fully saturated rings. The molecule has 2 atom stereocenters. The van der Waals surface area contributed by atoms with Crippen molar-refractivity contribution < 1.29 is 47.7 Å². The van der Waals surface area contributed by atoms with E-state index in [1.54, 1.807) is 27.7 Å². The lowest BCUT2D eigenvalue weighted by atomic mass is 10.1. The molecule has 0 saturated carbocycles. The quantitative estimate of drug-likeness (QED) is 0.179. The van der Waals surface area contributed by atoms with Crippen molar-refractivity contribution in [3.8, 4) is 0 Å². The molecule has 0 saturated heterocycles. The highest BCUT2D eigenvalue weighted by Crippen LogP contribution is 2.05. The third kappa shape index (κ3) is 13.8. The van der Waals surface area contributed by atoms with Crippen molar-refractivity contribution in [3.63, 3.8) is 0 Å². The Hall–Kier alpha value is -3.18. The molecule has 0 rings (SSSR count). The Labute approximate surface area is 193 Å². The maximum atomic E-state index is 12.3. The lowest BCUT2D eigenvalue weighted by Crippen LogP contribution is -2.46. The minimum absolute atomic E-state index is 0.0623. The number of hydrogen-bond donors (Lipinski definition) is 2. The summed E-state index contributed by atoms with van der Waals surface area (Å²) < 4.78 is 19.4. The monoisotopic (exact) mass is 474 g/mol. The molecule has 0 spiro atoms. The molecule has 0 aliphatic heterocycles. The van der Waals surface area contributed by atoms with Crippen LogP contribution in [0.2, 0.25) is 0 Å². The predicted molar refractivity (Wildman–Crippen MR) is 113 cm³/mol.